The highest BCUT2D eigenvalue weighted by Gasteiger charge is 2.31. The van der Waals surface area contributed by atoms with Gasteiger partial charge in [-0.1, -0.05) is 35.9 Å². The Balaban J connectivity index is 1.64. The minimum atomic E-state index is -0.00289. The number of hydrogen-bond acceptors (Lipinski definition) is 4. The fraction of sp³-hybridized carbons (Fsp3) is 0.350. The number of carbonyl (C=O) groups is 1. The second-order valence-corrected chi connectivity index (χ2v) is 6.83. The van der Waals surface area contributed by atoms with E-state index in [0.717, 1.165) is 17.0 Å². The van der Waals surface area contributed by atoms with Crippen LogP contribution in [-0.2, 0) is 11.3 Å². The van der Waals surface area contributed by atoms with E-state index < -0.39 is 0 Å². The molecule has 1 heterocycles. The molecule has 0 radical (unpaired) electrons. The summed E-state index contributed by atoms with van der Waals surface area (Å²) in [6, 6.07) is 15.4. The Kier molecular flexibility index (Phi) is 6.14. The van der Waals surface area contributed by atoms with Gasteiger partial charge >= 0.3 is 0 Å². The maximum atomic E-state index is 12.6. The van der Waals surface area contributed by atoms with E-state index in [9.17, 15) is 4.79 Å². The first-order chi connectivity index (χ1) is 12.6. The van der Waals surface area contributed by atoms with Crippen LogP contribution in [0.4, 0.5) is 5.69 Å². The van der Waals surface area contributed by atoms with E-state index in [2.05, 4.69) is 11.8 Å². The standard InChI is InChI=1S/C20H23ClN2O3/c1-15-12-23(19-5-3-2-4-18(19)21)20(25)14-22(15)13-16-6-8-17(9-7-16)26-11-10-24/h2-9,15,24H,10-14H2,1H3/t15-/m1/s1. The number of anilines is 1. The molecule has 1 atom stereocenters. The van der Waals surface area contributed by atoms with Gasteiger partial charge in [0.1, 0.15) is 12.4 Å². The summed E-state index contributed by atoms with van der Waals surface area (Å²) in [4.78, 5) is 16.6. The molecule has 5 nitrogen and oxygen atoms in total. The molecule has 2 aromatic rings. The fourth-order valence-corrected chi connectivity index (χ4v) is 3.34. The molecule has 0 saturated carbocycles. The van der Waals surface area contributed by atoms with Crippen LogP contribution in [0.3, 0.4) is 0 Å². The molecule has 1 aliphatic heterocycles. The quantitative estimate of drug-likeness (QED) is 0.844. The molecule has 1 saturated heterocycles. The van der Waals surface area contributed by atoms with Gasteiger partial charge in [-0.15, -0.1) is 0 Å². The van der Waals surface area contributed by atoms with Gasteiger partial charge < -0.3 is 14.7 Å². The molecule has 0 aliphatic carbocycles. The minimum Gasteiger partial charge on any atom is -0.491 e. The van der Waals surface area contributed by atoms with Gasteiger partial charge in [-0.05, 0) is 36.8 Å². The number of para-hydroxylation sites is 1. The van der Waals surface area contributed by atoms with Crippen LogP contribution in [0.2, 0.25) is 5.02 Å². The molecule has 1 aliphatic rings. The smallest absolute Gasteiger partial charge is 0.241 e. The van der Waals surface area contributed by atoms with Crippen molar-refractivity contribution in [2.75, 3.05) is 31.2 Å². The highest BCUT2D eigenvalue weighted by molar-refractivity contribution is 6.33. The number of aliphatic hydroxyl groups is 1. The summed E-state index contributed by atoms with van der Waals surface area (Å²) in [5, 5.41) is 9.39. The Labute approximate surface area is 158 Å². The van der Waals surface area contributed by atoms with Crippen molar-refractivity contribution in [1.82, 2.24) is 4.90 Å². The summed E-state index contributed by atoms with van der Waals surface area (Å²) in [7, 11) is 0. The molecule has 1 N–H and O–H groups in total. The zero-order valence-corrected chi connectivity index (χ0v) is 15.5. The number of ether oxygens (including phenoxy) is 1. The highest BCUT2D eigenvalue weighted by atomic mass is 35.5. The molecule has 138 valence electrons. The number of benzene rings is 2. The van der Waals surface area contributed by atoms with E-state index in [1.807, 2.05) is 48.5 Å². The lowest BCUT2D eigenvalue weighted by Gasteiger charge is -2.39. The molecule has 2 aromatic carbocycles. The molecular formula is C20H23ClN2O3. The molecule has 0 spiro atoms. The van der Waals surface area contributed by atoms with E-state index in [0.29, 0.717) is 24.7 Å². The summed E-state index contributed by atoms with van der Waals surface area (Å²) >= 11 is 6.25. The van der Waals surface area contributed by atoms with Crippen molar-refractivity contribution in [2.45, 2.75) is 19.5 Å². The number of halogens is 1. The summed E-state index contributed by atoms with van der Waals surface area (Å²) in [6.45, 7) is 4.07. The normalized spacial score (nSPS) is 18.2. The van der Waals surface area contributed by atoms with E-state index in [-0.39, 0.29) is 25.2 Å². The number of aliphatic hydroxyl groups excluding tert-OH is 1. The number of piperazine rings is 1. The molecule has 6 heteroatoms. The largest absolute Gasteiger partial charge is 0.491 e. The Morgan fingerprint density at radius 3 is 2.62 bits per heavy atom. The van der Waals surface area contributed by atoms with Crippen LogP contribution in [0.5, 0.6) is 5.75 Å². The first-order valence-corrected chi connectivity index (χ1v) is 9.08. The topological polar surface area (TPSA) is 53.0 Å². The van der Waals surface area contributed by atoms with Crippen molar-refractivity contribution >= 4 is 23.2 Å². The van der Waals surface area contributed by atoms with Gasteiger partial charge in [0.15, 0.2) is 0 Å². The van der Waals surface area contributed by atoms with Gasteiger partial charge in [0.25, 0.3) is 0 Å². The molecule has 1 amide bonds. The summed E-state index contributed by atoms with van der Waals surface area (Å²) < 4.78 is 5.38. The predicted octanol–water partition coefficient (Wildman–Crippen LogP) is 2.95. The van der Waals surface area contributed by atoms with Gasteiger partial charge in [0.2, 0.25) is 5.91 Å². The fourth-order valence-electron chi connectivity index (χ4n) is 3.10. The van der Waals surface area contributed by atoms with Crippen molar-refractivity contribution in [2.24, 2.45) is 0 Å². The molecule has 0 unspecified atom stereocenters. The predicted molar refractivity (Wildman–Crippen MR) is 103 cm³/mol. The van der Waals surface area contributed by atoms with Crippen molar-refractivity contribution < 1.29 is 14.6 Å². The molecule has 0 aromatic heterocycles. The zero-order valence-electron chi connectivity index (χ0n) is 14.8. The van der Waals surface area contributed by atoms with E-state index in [1.165, 1.54) is 0 Å². The van der Waals surface area contributed by atoms with Gasteiger partial charge in [0.05, 0.1) is 23.9 Å². The second-order valence-electron chi connectivity index (χ2n) is 6.43. The van der Waals surface area contributed by atoms with Gasteiger partial charge in [-0.25, -0.2) is 0 Å². The van der Waals surface area contributed by atoms with Crippen LogP contribution >= 0.6 is 11.6 Å². The van der Waals surface area contributed by atoms with Crippen LogP contribution < -0.4 is 9.64 Å². The molecule has 3 rings (SSSR count). The van der Waals surface area contributed by atoms with Gasteiger partial charge in [-0.3, -0.25) is 9.69 Å². The molecular weight excluding hydrogens is 352 g/mol. The average Bonchev–Trinajstić information content (AvgIpc) is 2.64. The van der Waals surface area contributed by atoms with Gasteiger partial charge in [-0.2, -0.15) is 0 Å². The molecule has 1 fully saturated rings. The van der Waals surface area contributed by atoms with Crippen LogP contribution in [0.15, 0.2) is 48.5 Å². The first kappa shape index (κ1) is 18.7. The second kappa shape index (κ2) is 8.54. The molecule has 0 bridgehead atoms. The third-order valence-corrected chi connectivity index (χ3v) is 4.84. The van der Waals surface area contributed by atoms with Crippen molar-refractivity contribution in [1.29, 1.82) is 0 Å². The third kappa shape index (κ3) is 4.36. The Morgan fingerprint density at radius 1 is 1.19 bits per heavy atom. The lowest BCUT2D eigenvalue weighted by atomic mass is 10.1. The maximum Gasteiger partial charge on any atom is 0.241 e. The van der Waals surface area contributed by atoms with Crippen LogP contribution in [0.1, 0.15) is 12.5 Å². The minimum absolute atomic E-state index is 0.00289. The monoisotopic (exact) mass is 374 g/mol. The van der Waals surface area contributed by atoms with E-state index in [4.69, 9.17) is 21.4 Å². The number of rotatable bonds is 6. The Bertz CT molecular complexity index is 751. The van der Waals surface area contributed by atoms with Crippen molar-refractivity contribution in [3.8, 4) is 5.75 Å². The number of carbonyl (C=O) groups excluding carboxylic acids is 1. The summed E-state index contributed by atoms with van der Waals surface area (Å²) in [6.07, 6.45) is 0. The average molecular weight is 375 g/mol. The van der Waals surface area contributed by atoms with Crippen molar-refractivity contribution in [3.63, 3.8) is 0 Å². The number of hydrogen-bond donors (Lipinski definition) is 1. The van der Waals surface area contributed by atoms with Crippen LogP contribution in [0.25, 0.3) is 0 Å². The van der Waals surface area contributed by atoms with Crippen molar-refractivity contribution in [3.05, 3.63) is 59.1 Å². The van der Waals surface area contributed by atoms with Crippen LogP contribution in [0, 0.1) is 0 Å². The number of nitrogens with zero attached hydrogens (tertiary/aromatic N) is 2. The maximum absolute atomic E-state index is 12.6. The SMILES string of the molecule is C[C@@H]1CN(c2ccccc2Cl)C(=O)CN1Cc1ccc(OCCO)cc1. The van der Waals surface area contributed by atoms with E-state index >= 15 is 0 Å². The highest BCUT2D eigenvalue weighted by Crippen LogP contribution is 2.28. The summed E-state index contributed by atoms with van der Waals surface area (Å²) in [5.74, 6) is 0.787. The molecule has 26 heavy (non-hydrogen) atoms. The zero-order chi connectivity index (χ0) is 18.5. The Hall–Kier alpha value is -2.08. The summed E-state index contributed by atoms with van der Waals surface area (Å²) in [5.41, 5.74) is 1.89. The number of amides is 1. The third-order valence-electron chi connectivity index (χ3n) is 4.52. The van der Waals surface area contributed by atoms with Crippen LogP contribution in [-0.4, -0.2) is 48.3 Å². The Morgan fingerprint density at radius 2 is 1.92 bits per heavy atom. The first-order valence-electron chi connectivity index (χ1n) is 8.70. The lowest BCUT2D eigenvalue weighted by molar-refractivity contribution is -0.122. The van der Waals surface area contributed by atoms with E-state index in [1.54, 1.807) is 4.90 Å². The lowest BCUT2D eigenvalue weighted by Crippen LogP contribution is -2.54. The van der Waals surface area contributed by atoms with Gasteiger partial charge in [0, 0.05) is 19.1 Å².